The van der Waals surface area contributed by atoms with E-state index < -0.39 is 5.82 Å². The summed E-state index contributed by atoms with van der Waals surface area (Å²) in [6, 6.07) is 9.77. The predicted molar refractivity (Wildman–Crippen MR) is 92.8 cm³/mol. The van der Waals surface area contributed by atoms with Gasteiger partial charge in [-0.3, -0.25) is 4.84 Å². The van der Waals surface area contributed by atoms with Gasteiger partial charge in [-0.05, 0) is 5.56 Å². The number of piperazine rings is 1. The Morgan fingerprint density at radius 3 is 2.46 bits per heavy atom. The number of carbonyl (C=O) groups is 1. The molecule has 0 unspecified atom stereocenters. The highest BCUT2D eigenvalue weighted by atomic mass is 19.1. The molecule has 2 amide bonds. The number of benzene rings is 1. The molecule has 2 aliphatic rings. The van der Waals surface area contributed by atoms with Crippen LogP contribution >= 0.6 is 0 Å². The van der Waals surface area contributed by atoms with Gasteiger partial charge < -0.3 is 9.80 Å². The fourth-order valence-electron chi connectivity index (χ4n) is 3.34. The van der Waals surface area contributed by atoms with Crippen LogP contribution in [0, 0.1) is 5.82 Å². The van der Waals surface area contributed by atoms with Crippen molar-refractivity contribution in [3.05, 3.63) is 54.1 Å². The second kappa shape index (κ2) is 7.25. The van der Waals surface area contributed by atoms with Crippen LogP contribution in [0.3, 0.4) is 0 Å². The average molecular weight is 357 g/mol. The summed E-state index contributed by atoms with van der Waals surface area (Å²) in [5.41, 5.74) is 1.08. The second-order valence-electron chi connectivity index (χ2n) is 6.33. The molecule has 4 rings (SSSR count). The van der Waals surface area contributed by atoms with Crippen LogP contribution in [0.5, 0.6) is 0 Å². The summed E-state index contributed by atoms with van der Waals surface area (Å²) >= 11 is 0. The molecule has 1 atom stereocenters. The quantitative estimate of drug-likeness (QED) is 0.825. The third-order valence-corrected chi connectivity index (χ3v) is 4.72. The molecule has 0 N–H and O–H groups in total. The van der Waals surface area contributed by atoms with Crippen LogP contribution in [0.2, 0.25) is 0 Å². The number of hydroxylamine groups is 2. The Morgan fingerprint density at radius 2 is 1.77 bits per heavy atom. The standard InChI is InChI=1S/C18H20FN5O2/c19-15-12-20-17(21-13-15)22-7-9-23(10-8-22)18(25)24-16(6-11-26-24)14-4-2-1-3-5-14/h1-5,12-13,16H,6-11H2/t16-/m0/s1. The molecule has 136 valence electrons. The normalized spacial score (nSPS) is 20.5. The lowest BCUT2D eigenvalue weighted by molar-refractivity contribution is -0.0982. The van der Waals surface area contributed by atoms with Gasteiger partial charge in [0.1, 0.15) is 0 Å². The van der Waals surface area contributed by atoms with Gasteiger partial charge in [0.05, 0.1) is 25.0 Å². The predicted octanol–water partition coefficient (Wildman–Crippen LogP) is 2.24. The SMILES string of the molecule is O=C(N1CCN(c2ncc(F)cn2)CC1)N1OCC[C@H]1c1ccccc1. The number of hydrogen-bond acceptors (Lipinski definition) is 5. The summed E-state index contributed by atoms with van der Waals surface area (Å²) in [7, 11) is 0. The molecule has 26 heavy (non-hydrogen) atoms. The van der Waals surface area contributed by atoms with Crippen LogP contribution in [0.4, 0.5) is 15.1 Å². The highest BCUT2D eigenvalue weighted by molar-refractivity contribution is 5.74. The van der Waals surface area contributed by atoms with E-state index in [2.05, 4.69) is 9.97 Å². The fraction of sp³-hybridized carbons (Fsp3) is 0.389. The molecule has 0 spiro atoms. The number of urea groups is 1. The number of nitrogens with zero attached hydrogens (tertiary/aromatic N) is 5. The van der Waals surface area contributed by atoms with Gasteiger partial charge in [-0.15, -0.1) is 0 Å². The summed E-state index contributed by atoms with van der Waals surface area (Å²) in [5.74, 6) is 0.0267. The van der Waals surface area contributed by atoms with Crippen molar-refractivity contribution >= 4 is 12.0 Å². The van der Waals surface area contributed by atoms with Crippen molar-refractivity contribution in [1.29, 1.82) is 0 Å². The van der Waals surface area contributed by atoms with Gasteiger partial charge in [-0.1, -0.05) is 30.3 Å². The molecule has 0 aliphatic carbocycles. The Kier molecular flexibility index (Phi) is 4.66. The highest BCUT2D eigenvalue weighted by Crippen LogP contribution is 2.31. The third-order valence-electron chi connectivity index (χ3n) is 4.72. The fourth-order valence-corrected chi connectivity index (χ4v) is 3.34. The molecule has 2 aliphatic heterocycles. The van der Waals surface area contributed by atoms with E-state index in [0.29, 0.717) is 38.7 Å². The summed E-state index contributed by atoms with van der Waals surface area (Å²) in [6.07, 6.45) is 3.10. The lowest BCUT2D eigenvalue weighted by Crippen LogP contribution is -2.52. The van der Waals surface area contributed by atoms with Crippen LogP contribution in [-0.4, -0.2) is 58.7 Å². The van der Waals surface area contributed by atoms with Crippen molar-refractivity contribution < 1.29 is 14.0 Å². The number of hydrogen-bond donors (Lipinski definition) is 0. The molecular weight excluding hydrogens is 337 g/mol. The minimum atomic E-state index is -0.458. The van der Waals surface area contributed by atoms with Gasteiger partial charge in [0.25, 0.3) is 0 Å². The van der Waals surface area contributed by atoms with E-state index in [9.17, 15) is 9.18 Å². The van der Waals surface area contributed by atoms with Crippen molar-refractivity contribution in [3.8, 4) is 0 Å². The van der Waals surface area contributed by atoms with Gasteiger partial charge in [-0.25, -0.2) is 19.2 Å². The van der Waals surface area contributed by atoms with Crippen molar-refractivity contribution in [3.63, 3.8) is 0 Å². The molecule has 8 heteroatoms. The molecular formula is C18H20FN5O2. The van der Waals surface area contributed by atoms with Gasteiger partial charge in [0.15, 0.2) is 5.82 Å². The molecule has 2 saturated heterocycles. The first-order chi connectivity index (χ1) is 12.7. The molecule has 2 aromatic rings. The topological polar surface area (TPSA) is 61.8 Å². The van der Waals surface area contributed by atoms with Crippen molar-refractivity contribution in [2.24, 2.45) is 0 Å². The third kappa shape index (κ3) is 3.32. The van der Waals surface area contributed by atoms with E-state index in [1.165, 1.54) is 5.06 Å². The zero-order valence-corrected chi connectivity index (χ0v) is 14.3. The zero-order valence-electron chi connectivity index (χ0n) is 14.3. The van der Waals surface area contributed by atoms with E-state index in [0.717, 1.165) is 24.4 Å². The number of halogens is 1. The van der Waals surface area contributed by atoms with Crippen molar-refractivity contribution in [2.75, 3.05) is 37.7 Å². The van der Waals surface area contributed by atoms with Crippen LogP contribution in [0.15, 0.2) is 42.7 Å². The molecule has 1 aromatic heterocycles. The van der Waals surface area contributed by atoms with Crippen molar-refractivity contribution in [2.45, 2.75) is 12.5 Å². The number of amides is 2. The smallest absolute Gasteiger partial charge is 0.337 e. The van der Waals surface area contributed by atoms with Gasteiger partial charge in [0, 0.05) is 32.6 Å². The molecule has 2 fully saturated rings. The molecule has 0 bridgehead atoms. The second-order valence-corrected chi connectivity index (χ2v) is 6.33. The van der Waals surface area contributed by atoms with Crippen LogP contribution < -0.4 is 4.90 Å². The van der Waals surface area contributed by atoms with E-state index >= 15 is 0 Å². The Bertz CT molecular complexity index is 750. The minimum absolute atomic E-state index is 0.0536. The van der Waals surface area contributed by atoms with Crippen LogP contribution in [0.1, 0.15) is 18.0 Å². The molecule has 1 aromatic carbocycles. The maximum absolute atomic E-state index is 13.0. The minimum Gasteiger partial charge on any atom is -0.337 e. The summed E-state index contributed by atoms with van der Waals surface area (Å²) in [4.78, 5) is 30.3. The summed E-state index contributed by atoms with van der Waals surface area (Å²) in [6.45, 7) is 2.82. The van der Waals surface area contributed by atoms with E-state index in [1.807, 2.05) is 35.2 Å². The molecule has 0 saturated carbocycles. The molecule has 3 heterocycles. The Balaban J connectivity index is 1.39. The highest BCUT2D eigenvalue weighted by Gasteiger charge is 2.35. The first-order valence-corrected chi connectivity index (χ1v) is 8.71. The lowest BCUT2D eigenvalue weighted by Gasteiger charge is -2.37. The Hall–Kier alpha value is -2.74. The zero-order chi connectivity index (χ0) is 17.9. The number of aromatic nitrogens is 2. The Labute approximate surface area is 151 Å². The van der Waals surface area contributed by atoms with Gasteiger partial charge in [-0.2, -0.15) is 5.06 Å². The van der Waals surface area contributed by atoms with Gasteiger partial charge in [0.2, 0.25) is 5.95 Å². The summed E-state index contributed by atoms with van der Waals surface area (Å²) < 4.78 is 13.0. The largest absolute Gasteiger partial charge is 0.344 e. The average Bonchev–Trinajstić information content (AvgIpc) is 3.19. The number of carbonyl (C=O) groups excluding carboxylic acids is 1. The first-order valence-electron chi connectivity index (χ1n) is 8.71. The Morgan fingerprint density at radius 1 is 1.08 bits per heavy atom. The van der Waals surface area contributed by atoms with Gasteiger partial charge >= 0.3 is 6.03 Å². The molecule has 7 nitrogen and oxygen atoms in total. The van der Waals surface area contributed by atoms with Crippen molar-refractivity contribution in [1.82, 2.24) is 19.9 Å². The number of anilines is 1. The monoisotopic (exact) mass is 357 g/mol. The maximum atomic E-state index is 13.0. The van der Waals surface area contributed by atoms with Crippen LogP contribution in [0.25, 0.3) is 0 Å². The van der Waals surface area contributed by atoms with E-state index in [-0.39, 0.29) is 12.1 Å². The van der Waals surface area contributed by atoms with Crippen LogP contribution in [-0.2, 0) is 4.84 Å². The first kappa shape index (κ1) is 16.7. The maximum Gasteiger partial charge on any atom is 0.344 e. The molecule has 0 radical (unpaired) electrons. The lowest BCUT2D eigenvalue weighted by atomic mass is 10.1. The number of rotatable bonds is 2. The van der Waals surface area contributed by atoms with E-state index in [1.54, 1.807) is 4.90 Å². The van der Waals surface area contributed by atoms with E-state index in [4.69, 9.17) is 4.84 Å². The summed E-state index contributed by atoms with van der Waals surface area (Å²) in [5, 5.41) is 1.50.